The van der Waals surface area contributed by atoms with Crippen LogP contribution in [0.2, 0.25) is 5.02 Å². The molecule has 3 aromatic rings. The zero-order valence-corrected chi connectivity index (χ0v) is 18.7. The number of para-hydroxylation sites is 1. The number of rotatable bonds is 4. The molecule has 0 saturated carbocycles. The first-order chi connectivity index (χ1) is 15.5. The Labute approximate surface area is 193 Å². The Hall–Kier alpha value is -3.59. The molecule has 6 nitrogen and oxygen atoms in total. The number of nitrogens with one attached hydrogen (secondary N) is 2. The van der Waals surface area contributed by atoms with Crippen molar-refractivity contribution in [3.63, 3.8) is 0 Å². The van der Waals surface area contributed by atoms with Gasteiger partial charge in [-0.1, -0.05) is 23.7 Å². The summed E-state index contributed by atoms with van der Waals surface area (Å²) < 4.78 is 41.8. The lowest BCUT2D eigenvalue weighted by molar-refractivity contribution is -0.137. The van der Waals surface area contributed by atoms with Crippen LogP contribution >= 0.6 is 11.6 Å². The smallest absolute Gasteiger partial charge is 0.317 e. The van der Waals surface area contributed by atoms with Crippen LogP contribution in [0.25, 0.3) is 5.69 Å². The number of aryl methyl sites for hydroxylation is 2. The number of carbonyl (C=O) groups excluding carboxylic acids is 2. The molecule has 0 unspecified atom stereocenters. The number of hydrogen-bond acceptors (Lipinski definition) is 3. The average molecular weight is 477 g/mol. The summed E-state index contributed by atoms with van der Waals surface area (Å²) in [6.07, 6.45) is -3.24. The van der Waals surface area contributed by atoms with Gasteiger partial charge in [0.25, 0.3) is 0 Å². The van der Waals surface area contributed by atoms with Gasteiger partial charge in [-0.2, -0.15) is 18.3 Å². The highest BCUT2D eigenvalue weighted by molar-refractivity contribution is 6.39. The summed E-state index contributed by atoms with van der Waals surface area (Å²) in [5.74, 6) is -1.93. The zero-order chi connectivity index (χ0) is 24.3. The maximum atomic E-state index is 13.4. The van der Waals surface area contributed by atoms with E-state index in [2.05, 4.69) is 15.8 Å². The number of carbonyl (C=O) groups is 2. The van der Waals surface area contributed by atoms with Crippen molar-refractivity contribution in [3.05, 3.63) is 81.6 Å². The first kappa shape index (κ1) is 24.1. The third-order valence-electron chi connectivity index (χ3n) is 4.93. The number of halogens is 4. The van der Waals surface area contributed by atoms with Crippen molar-refractivity contribution >= 4 is 35.3 Å². The van der Waals surface area contributed by atoms with E-state index in [-0.39, 0.29) is 5.69 Å². The number of amides is 2. The van der Waals surface area contributed by atoms with Crippen LogP contribution in [0.15, 0.2) is 53.6 Å². The lowest BCUT2D eigenvalue weighted by Crippen LogP contribution is -2.32. The number of alkyl halides is 3. The Kier molecular flexibility index (Phi) is 6.92. The van der Waals surface area contributed by atoms with Gasteiger partial charge >= 0.3 is 18.0 Å². The summed E-state index contributed by atoms with van der Waals surface area (Å²) in [4.78, 5) is 24.1. The summed E-state index contributed by atoms with van der Waals surface area (Å²) in [7, 11) is 0. The van der Waals surface area contributed by atoms with Gasteiger partial charge in [-0.25, -0.2) is 5.43 Å². The molecule has 0 atom stereocenters. The van der Waals surface area contributed by atoms with Gasteiger partial charge in [0.05, 0.1) is 17.5 Å². The Morgan fingerprint density at radius 1 is 1.03 bits per heavy atom. The first-order valence-electron chi connectivity index (χ1n) is 9.75. The number of aromatic nitrogens is 1. The van der Waals surface area contributed by atoms with Gasteiger partial charge in [0, 0.05) is 27.7 Å². The van der Waals surface area contributed by atoms with E-state index in [0.717, 1.165) is 6.07 Å². The quantitative estimate of drug-likeness (QED) is 0.310. The van der Waals surface area contributed by atoms with Gasteiger partial charge in [0.2, 0.25) is 0 Å². The van der Waals surface area contributed by atoms with Crippen molar-refractivity contribution < 1.29 is 22.8 Å². The molecule has 3 rings (SSSR count). The number of benzene rings is 2. The van der Waals surface area contributed by atoms with E-state index in [1.165, 1.54) is 29.0 Å². The van der Waals surface area contributed by atoms with E-state index in [9.17, 15) is 22.8 Å². The fourth-order valence-electron chi connectivity index (χ4n) is 3.35. The lowest BCUT2D eigenvalue weighted by atomic mass is 10.1. The van der Waals surface area contributed by atoms with Crippen LogP contribution in [-0.2, 0) is 15.8 Å². The Bertz CT molecular complexity index is 1250. The molecule has 0 aliphatic carbocycles. The van der Waals surface area contributed by atoms with E-state index in [1.807, 2.05) is 0 Å². The molecule has 0 radical (unpaired) electrons. The molecule has 0 aliphatic rings. The van der Waals surface area contributed by atoms with Gasteiger partial charge in [-0.05, 0) is 62.7 Å². The van der Waals surface area contributed by atoms with Gasteiger partial charge in [-0.15, -0.1) is 0 Å². The summed E-state index contributed by atoms with van der Waals surface area (Å²) in [5.41, 5.74) is 3.97. The molecule has 10 heteroatoms. The molecule has 0 aliphatic heterocycles. The Morgan fingerprint density at radius 2 is 1.73 bits per heavy atom. The van der Waals surface area contributed by atoms with Crippen molar-refractivity contribution in [3.8, 4) is 5.69 Å². The molecule has 0 spiro atoms. The summed E-state index contributed by atoms with van der Waals surface area (Å²) in [5, 5.41) is 6.73. The second kappa shape index (κ2) is 9.50. The maximum Gasteiger partial charge on any atom is 0.418 e. The fraction of sp³-hybridized carbons (Fsp3) is 0.174. The summed E-state index contributed by atoms with van der Waals surface area (Å²) in [6, 6.07) is 11.7. The van der Waals surface area contributed by atoms with Crippen LogP contribution in [0.3, 0.4) is 0 Å². The topological polar surface area (TPSA) is 75.5 Å². The summed E-state index contributed by atoms with van der Waals surface area (Å²) in [6.45, 7) is 5.03. The van der Waals surface area contributed by atoms with Crippen LogP contribution in [-0.4, -0.2) is 22.6 Å². The second-order valence-electron chi connectivity index (χ2n) is 7.29. The highest BCUT2D eigenvalue weighted by Gasteiger charge is 2.34. The number of nitrogens with zero attached hydrogens (tertiary/aromatic N) is 2. The minimum Gasteiger partial charge on any atom is -0.317 e. The minimum atomic E-state index is -4.52. The first-order valence-corrected chi connectivity index (χ1v) is 10.1. The number of hydrazone groups is 1. The molecule has 33 heavy (non-hydrogen) atoms. The molecule has 2 N–H and O–H groups in total. The van der Waals surface area contributed by atoms with Gasteiger partial charge in [0.15, 0.2) is 0 Å². The molecular formula is C23H20ClF3N4O2. The van der Waals surface area contributed by atoms with Crippen molar-refractivity contribution in [2.45, 2.75) is 26.9 Å². The highest BCUT2D eigenvalue weighted by atomic mass is 35.5. The predicted molar refractivity (Wildman–Crippen MR) is 121 cm³/mol. The summed E-state index contributed by atoms with van der Waals surface area (Å²) >= 11 is 5.87. The third-order valence-corrected chi connectivity index (χ3v) is 5.17. The van der Waals surface area contributed by atoms with Gasteiger partial charge < -0.3 is 9.88 Å². The van der Waals surface area contributed by atoms with Crippen LogP contribution in [0.1, 0.15) is 28.1 Å². The minimum absolute atomic E-state index is 0.0126. The molecule has 2 amide bonds. The van der Waals surface area contributed by atoms with Crippen molar-refractivity contribution in [1.29, 1.82) is 0 Å². The SMILES string of the molecule is Cc1cc(Cl)ccc1NC(=O)C(=O)N/N=C\c1cc(C)n(-c2ccccc2C(F)(F)F)c1C. The number of hydrogen-bond donors (Lipinski definition) is 2. The van der Waals surface area contributed by atoms with E-state index < -0.39 is 23.6 Å². The second-order valence-corrected chi connectivity index (χ2v) is 7.73. The van der Waals surface area contributed by atoms with Crippen molar-refractivity contribution in [2.75, 3.05) is 5.32 Å². The monoisotopic (exact) mass is 476 g/mol. The molecule has 1 aromatic heterocycles. The fourth-order valence-corrected chi connectivity index (χ4v) is 3.58. The average Bonchev–Trinajstić information content (AvgIpc) is 3.02. The molecule has 0 fully saturated rings. The van der Waals surface area contributed by atoms with Gasteiger partial charge in [0.1, 0.15) is 0 Å². The van der Waals surface area contributed by atoms with Crippen LogP contribution in [0.4, 0.5) is 18.9 Å². The van der Waals surface area contributed by atoms with Crippen molar-refractivity contribution in [1.82, 2.24) is 9.99 Å². The molecule has 0 bridgehead atoms. The maximum absolute atomic E-state index is 13.4. The van der Waals surface area contributed by atoms with E-state index in [1.54, 1.807) is 45.0 Å². The van der Waals surface area contributed by atoms with E-state index >= 15 is 0 Å². The highest BCUT2D eigenvalue weighted by Crippen LogP contribution is 2.35. The Morgan fingerprint density at radius 3 is 2.39 bits per heavy atom. The van der Waals surface area contributed by atoms with Gasteiger partial charge in [-0.3, -0.25) is 9.59 Å². The standard InChI is InChI=1S/C23H20ClF3N4O2/c1-13-10-17(24)8-9-19(13)29-21(32)22(33)30-28-12-16-11-14(2)31(15(16)3)20-7-5-4-6-18(20)23(25,26)27/h4-12H,1-3H3,(H,29,32)(H,30,33)/b28-12-. The van der Waals surface area contributed by atoms with E-state index in [4.69, 9.17) is 11.6 Å². The molecule has 172 valence electrons. The van der Waals surface area contributed by atoms with Crippen LogP contribution in [0.5, 0.6) is 0 Å². The molecule has 0 saturated heterocycles. The lowest BCUT2D eigenvalue weighted by Gasteiger charge is -2.16. The largest absolute Gasteiger partial charge is 0.418 e. The number of anilines is 1. The van der Waals surface area contributed by atoms with E-state index in [0.29, 0.717) is 33.2 Å². The molecule has 1 heterocycles. The predicted octanol–water partition coefficient (Wildman–Crippen LogP) is 5.16. The normalized spacial score (nSPS) is 11.6. The molecule has 2 aromatic carbocycles. The third kappa shape index (κ3) is 5.43. The van der Waals surface area contributed by atoms with Crippen LogP contribution < -0.4 is 10.7 Å². The zero-order valence-electron chi connectivity index (χ0n) is 17.9. The molecular weight excluding hydrogens is 457 g/mol. The van der Waals surface area contributed by atoms with Crippen LogP contribution in [0, 0.1) is 20.8 Å². The Balaban J connectivity index is 1.76. The van der Waals surface area contributed by atoms with Crippen molar-refractivity contribution in [2.24, 2.45) is 5.10 Å².